The quantitative estimate of drug-likeness (QED) is 0.730. The average molecular weight is 164 g/mol. The van der Waals surface area contributed by atoms with Gasteiger partial charge in [-0.3, -0.25) is 0 Å². The molecule has 2 heteroatoms. The Morgan fingerprint density at radius 3 is 2.58 bits per heavy atom. The molecule has 0 spiro atoms. The number of aliphatic hydroxyl groups excluding tert-OH is 1. The summed E-state index contributed by atoms with van der Waals surface area (Å²) in [4.78, 5) is 0. The highest BCUT2D eigenvalue weighted by Crippen LogP contribution is 2.25. The van der Waals surface area contributed by atoms with Crippen LogP contribution in [0.2, 0.25) is 0 Å². The number of ether oxygens (including phenoxy) is 1. The molecule has 1 aromatic carbocycles. The third-order valence-electron chi connectivity index (χ3n) is 2.01. The molecule has 0 radical (unpaired) electrons. The summed E-state index contributed by atoms with van der Waals surface area (Å²) in [6, 6.07) is 10.0. The second-order valence-corrected chi connectivity index (χ2v) is 3.14. The van der Waals surface area contributed by atoms with Crippen molar-refractivity contribution in [3.05, 3.63) is 35.9 Å². The van der Waals surface area contributed by atoms with Crippen molar-refractivity contribution in [1.82, 2.24) is 0 Å². The average Bonchev–Trinajstić information content (AvgIpc) is 2.81. The van der Waals surface area contributed by atoms with Gasteiger partial charge in [0.2, 0.25) is 0 Å². The van der Waals surface area contributed by atoms with Crippen molar-refractivity contribution >= 4 is 0 Å². The van der Waals surface area contributed by atoms with Crippen LogP contribution in [0.1, 0.15) is 12.0 Å². The predicted octanol–water partition coefficient (Wildman–Crippen LogP) is 1.34. The summed E-state index contributed by atoms with van der Waals surface area (Å²) in [5.74, 6) is 0. The van der Waals surface area contributed by atoms with E-state index in [1.165, 1.54) is 0 Å². The lowest BCUT2D eigenvalue weighted by Crippen LogP contribution is -1.99. The van der Waals surface area contributed by atoms with Gasteiger partial charge < -0.3 is 9.84 Å². The van der Waals surface area contributed by atoms with E-state index in [1.54, 1.807) is 0 Å². The molecule has 1 aromatic rings. The van der Waals surface area contributed by atoms with Gasteiger partial charge in [-0.2, -0.15) is 0 Å². The largest absolute Gasteiger partial charge is 0.390 e. The molecule has 2 atom stereocenters. The highest BCUT2D eigenvalue weighted by atomic mass is 16.5. The number of benzene rings is 1. The maximum absolute atomic E-state index is 8.98. The van der Waals surface area contributed by atoms with Gasteiger partial charge in [0.25, 0.3) is 0 Å². The fourth-order valence-electron chi connectivity index (χ4n) is 1.12. The van der Waals surface area contributed by atoms with E-state index in [0.717, 1.165) is 12.0 Å². The lowest BCUT2D eigenvalue weighted by atomic mass is 10.2. The second-order valence-electron chi connectivity index (χ2n) is 3.14. The van der Waals surface area contributed by atoms with E-state index in [4.69, 9.17) is 9.84 Å². The van der Waals surface area contributed by atoms with Crippen LogP contribution in [0.25, 0.3) is 0 Å². The molecule has 1 N–H and O–H groups in total. The summed E-state index contributed by atoms with van der Waals surface area (Å²) in [7, 11) is 0. The minimum atomic E-state index is -0.214. The predicted molar refractivity (Wildman–Crippen MR) is 45.6 cm³/mol. The third kappa shape index (κ3) is 1.84. The van der Waals surface area contributed by atoms with Crippen molar-refractivity contribution < 1.29 is 9.84 Å². The van der Waals surface area contributed by atoms with E-state index in [-0.39, 0.29) is 12.2 Å². The molecule has 2 nitrogen and oxygen atoms in total. The van der Waals surface area contributed by atoms with Gasteiger partial charge >= 0.3 is 0 Å². The zero-order valence-corrected chi connectivity index (χ0v) is 6.81. The van der Waals surface area contributed by atoms with Crippen molar-refractivity contribution in [3.63, 3.8) is 0 Å². The summed E-state index contributed by atoms with van der Waals surface area (Å²) in [6.07, 6.45) is 0.672. The fraction of sp³-hybridized carbons (Fsp3) is 0.400. The smallest absolute Gasteiger partial charge is 0.0865 e. The van der Waals surface area contributed by atoms with Crippen LogP contribution in [-0.2, 0) is 11.3 Å². The van der Waals surface area contributed by atoms with E-state index in [9.17, 15) is 0 Å². The molecule has 0 aliphatic heterocycles. The molecule has 1 aliphatic carbocycles. The molecule has 12 heavy (non-hydrogen) atoms. The maximum atomic E-state index is 8.98. The van der Waals surface area contributed by atoms with Crippen molar-refractivity contribution in [1.29, 1.82) is 0 Å². The first-order chi connectivity index (χ1) is 5.86. The molecule has 0 unspecified atom stereocenters. The van der Waals surface area contributed by atoms with E-state index < -0.39 is 0 Å². The normalized spacial score (nSPS) is 27.1. The molecular weight excluding hydrogens is 152 g/mol. The summed E-state index contributed by atoms with van der Waals surface area (Å²) < 4.78 is 5.40. The Labute approximate surface area is 71.8 Å². The van der Waals surface area contributed by atoms with Gasteiger partial charge in [0.05, 0.1) is 18.8 Å². The van der Waals surface area contributed by atoms with Gasteiger partial charge in [0.15, 0.2) is 0 Å². The van der Waals surface area contributed by atoms with E-state index in [2.05, 4.69) is 0 Å². The van der Waals surface area contributed by atoms with Crippen LogP contribution in [-0.4, -0.2) is 17.3 Å². The van der Waals surface area contributed by atoms with Crippen LogP contribution < -0.4 is 0 Å². The Hall–Kier alpha value is -0.860. The molecule has 0 heterocycles. The van der Waals surface area contributed by atoms with Crippen molar-refractivity contribution in [3.8, 4) is 0 Å². The topological polar surface area (TPSA) is 29.5 Å². The Morgan fingerprint density at radius 2 is 2.00 bits per heavy atom. The number of rotatable bonds is 3. The van der Waals surface area contributed by atoms with Crippen LogP contribution in [0.4, 0.5) is 0 Å². The van der Waals surface area contributed by atoms with Gasteiger partial charge in [0, 0.05) is 6.42 Å². The Bertz CT molecular complexity index is 245. The monoisotopic (exact) mass is 164 g/mol. The van der Waals surface area contributed by atoms with E-state index in [1.807, 2.05) is 30.3 Å². The lowest BCUT2D eigenvalue weighted by Gasteiger charge is -2.01. The number of aliphatic hydroxyl groups is 1. The molecule has 0 saturated heterocycles. The van der Waals surface area contributed by atoms with E-state index >= 15 is 0 Å². The van der Waals surface area contributed by atoms with E-state index in [0.29, 0.717) is 6.61 Å². The summed E-state index contributed by atoms with van der Waals surface area (Å²) >= 11 is 0. The van der Waals surface area contributed by atoms with Crippen molar-refractivity contribution in [2.45, 2.75) is 25.2 Å². The molecule has 0 aromatic heterocycles. The second kappa shape index (κ2) is 3.25. The standard InChI is InChI=1S/C10H12O2/c11-9-6-10(9)12-7-8-4-2-1-3-5-8/h1-5,9-11H,6-7H2/t9-,10-/m1/s1. The fourth-order valence-corrected chi connectivity index (χ4v) is 1.12. The van der Waals surface area contributed by atoms with Crippen molar-refractivity contribution in [2.75, 3.05) is 0 Å². The molecule has 1 fully saturated rings. The highest BCUT2D eigenvalue weighted by Gasteiger charge is 2.36. The van der Waals surface area contributed by atoms with Crippen LogP contribution in [0, 0.1) is 0 Å². The molecule has 1 saturated carbocycles. The van der Waals surface area contributed by atoms with Crippen LogP contribution >= 0.6 is 0 Å². The molecular formula is C10H12O2. The Balaban J connectivity index is 1.80. The summed E-state index contributed by atoms with van der Waals surface area (Å²) in [5.41, 5.74) is 1.16. The van der Waals surface area contributed by atoms with Gasteiger partial charge in [0.1, 0.15) is 0 Å². The zero-order chi connectivity index (χ0) is 8.39. The lowest BCUT2D eigenvalue weighted by molar-refractivity contribution is 0.0715. The molecule has 2 rings (SSSR count). The number of hydrogen-bond acceptors (Lipinski definition) is 2. The summed E-state index contributed by atoms with van der Waals surface area (Å²) in [5, 5.41) is 8.98. The highest BCUT2D eigenvalue weighted by molar-refractivity contribution is 5.13. The first-order valence-electron chi connectivity index (χ1n) is 4.20. The first kappa shape index (κ1) is 7.77. The van der Waals surface area contributed by atoms with Gasteiger partial charge in [-0.25, -0.2) is 0 Å². The first-order valence-corrected chi connectivity index (χ1v) is 4.20. The minimum Gasteiger partial charge on any atom is -0.390 e. The molecule has 0 amide bonds. The van der Waals surface area contributed by atoms with Crippen LogP contribution in [0.3, 0.4) is 0 Å². The SMILES string of the molecule is O[C@@H]1C[C@H]1OCc1ccccc1. The minimum absolute atomic E-state index is 0.0882. The molecule has 1 aliphatic rings. The van der Waals surface area contributed by atoms with Gasteiger partial charge in [-0.1, -0.05) is 30.3 Å². The Morgan fingerprint density at radius 1 is 1.33 bits per heavy atom. The molecule has 64 valence electrons. The maximum Gasteiger partial charge on any atom is 0.0865 e. The number of hydrogen-bond donors (Lipinski definition) is 1. The zero-order valence-electron chi connectivity index (χ0n) is 6.81. The third-order valence-corrected chi connectivity index (χ3v) is 2.01. The Kier molecular flexibility index (Phi) is 2.11. The van der Waals surface area contributed by atoms with Gasteiger partial charge in [-0.15, -0.1) is 0 Å². The van der Waals surface area contributed by atoms with Crippen LogP contribution in [0.15, 0.2) is 30.3 Å². The van der Waals surface area contributed by atoms with Gasteiger partial charge in [-0.05, 0) is 5.56 Å². The summed E-state index contributed by atoms with van der Waals surface area (Å²) in [6.45, 7) is 0.614. The van der Waals surface area contributed by atoms with Crippen molar-refractivity contribution in [2.24, 2.45) is 0 Å². The molecule has 0 bridgehead atoms. The van der Waals surface area contributed by atoms with Crippen LogP contribution in [0.5, 0.6) is 0 Å².